The molecule has 0 spiro atoms. The van der Waals surface area contributed by atoms with Crippen molar-refractivity contribution in [3.63, 3.8) is 0 Å². The molecule has 0 saturated carbocycles. The van der Waals surface area contributed by atoms with E-state index in [2.05, 4.69) is 15.1 Å². The van der Waals surface area contributed by atoms with E-state index in [1.807, 2.05) is 76.7 Å². The molecule has 0 radical (unpaired) electrons. The number of rotatable bonds is 16. The van der Waals surface area contributed by atoms with Gasteiger partial charge in [-0.1, -0.05) is 24.3 Å². The van der Waals surface area contributed by atoms with Crippen LogP contribution in [0.1, 0.15) is 36.8 Å². The second-order valence-corrected chi connectivity index (χ2v) is 9.90. The first kappa shape index (κ1) is 28.3. The molecule has 2 aromatic rings. The van der Waals surface area contributed by atoms with Crippen molar-refractivity contribution in [2.24, 2.45) is 11.8 Å². The Hall–Kier alpha value is -2.90. The molecule has 0 aliphatic heterocycles. The predicted molar refractivity (Wildman–Crippen MR) is 141 cm³/mol. The molecule has 192 valence electrons. The molecule has 2 aromatic carbocycles. The normalized spacial score (nSPS) is 13.1. The zero-order valence-corrected chi connectivity index (χ0v) is 21.5. The van der Waals surface area contributed by atoms with Crippen LogP contribution in [-0.2, 0) is 22.4 Å². The van der Waals surface area contributed by atoms with Gasteiger partial charge in [-0.15, -0.1) is 0 Å². The van der Waals surface area contributed by atoms with E-state index in [1.165, 1.54) is 0 Å². The Balaban J connectivity index is 2.03. The van der Waals surface area contributed by atoms with Gasteiger partial charge >= 0.3 is 11.9 Å². The number of hydrogen-bond acceptors (Lipinski definition) is 5. The first-order chi connectivity index (χ1) is 16.6. The Morgan fingerprint density at radius 1 is 0.743 bits per heavy atom. The van der Waals surface area contributed by atoms with Crippen molar-refractivity contribution in [3.05, 3.63) is 59.7 Å². The van der Waals surface area contributed by atoms with E-state index in [9.17, 15) is 19.8 Å². The van der Waals surface area contributed by atoms with Crippen molar-refractivity contribution < 1.29 is 19.8 Å². The van der Waals surface area contributed by atoms with E-state index in [1.54, 1.807) is 0 Å². The monoisotopic (exact) mass is 483 g/mol. The average Bonchev–Trinajstić information content (AvgIpc) is 2.77. The molecular weight excluding hydrogens is 442 g/mol. The zero-order chi connectivity index (χ0) is 25.8. The van der Waals surface area contributed by atoms with Gasteiger partial charge in [0.1, 0.15) is 0 Å². The summed E-state index contributed by atoms with van der Waals surface area (Å²) in [6, 6.07) is 15.7. The van der Waals surface area contributed by atoms with Gasteiger partial charge in [0.2, 0.25) is 0 Å². The molecule has 0 bridgehead atoms. The first-order valence-corrected chi connectivity index (χ1v) is 12.3. The van der Waals surface area contributed by atoms with Crippen LogP contribution in [0.5, 0.6) is 0 Å². The van der Waals surface area contributed by atoms with Crippen LogP contribution in [0.2, 0.25) is 0 Å². The van der Waals surface area contributed by atoms with Crippen LogP contribution >= 0.6 is 0 Å². The molecule has 0 aromatic heterocycles. The number of anilines is 2. The first-order valence-electron chi connectivity index (χ1n) is 12.3. The maximum absolute atomic E-state index is 11.8. The van der Waals surface area contributed by atoms with Crippen LogP contribution in [0.3, 0.4) is 0 Å². The van der Waals surface area contributed by atoms with Crippen molar-refractivity contribution in [3.8, 4) is 0 Å². The third-order valence-corrected chi connectivity index (χ3v) is 6.12. The van der Waals surface area contributed by atoms with Crippen LogP contribution < -0.4 is 5.32 Å². The summed E-state index contributed by atoms with van der Waals surface area (Å²) < 4.78 is 0. The lowest BCUT2D eigenvalue weighted by molar-refractivity contribution is -0.143. The fraction of sp³-hybridized carbons (Fsp3) is 0.500. The van der Waals surface area contributed by atoms with E-state index in [0.717, 1.165) is 48.4 Å². The standard InChI is InChI=1S/C28H41N3O4/c1-30(2)15-7-11-23(27(32)33)17-21-9-5-13-25(19-21)29-26-14-6-10-22(20-26)18-24(28(34)35)12-8-16-31(3)4/h5-6,9-10,13-14,19-20,23-24,29H,7-8,11-12,15-18H2,1-4H3,(H,32,33)(H,34,35). The number of carbonyl (C=O) groups is 2. The van der Waals surface area contributed by atoms with E-state index < -0.39 is 23.8 Å². The van der Waals surface area contributed by atoms with Crippen LogP contribution in [0.25, 0.3) is 0 Å². The Bertz CT molecular complexity index is 870. The summed E-state index contributed by atoms with van der Waals surface area (Å²) in [6.45, 7) is 1.75. The van der Waals surface area contributed by atoms with Gasteiger partial charge in [0.25, 0.3) is 0 Å². The lowest BCUT2D eigenvalue weighted by Gasteiger charge is -2.16. The average molecular weight is 484 g/mol. The molecular formula is C28H41N3O4. The molecule has 0 amide bonds. The van der Waals surface area contributed by atoms with E-state index >= 15 is 0 Å². The zero-order valence-electron chi connectivity index (χ0n) is 21.5. The SMILES string of the molecule is CN(C)CCCC(Cc1cccc(Nc2cccc(CC(CCCN(C)C)C(=O)O)c2)c1)C(=O)O. The molecule has 0 fully saturated rings. The highest BCUT2D eigenvalue weighted by Crippen LogP contribution is 2.23. The third kappa shape index (κ3) is 10.9. The molecule has 0 saturated heterocycles. The molecule has 2 rings (SSSR count). The summed E-state index contributed by atoms with van der Waals surface area (Å²) in [5.74, 6) is -2.33. The van der Waals surface area contributed by atoms with Gasteiger partial charge in [-0.25, -0.2) is 0 Å². The number of benzene rings is 2. The van der Waals surface area contributed by atoms with Crippen LogP contribution in [-0.4, -0.2) is 73.2 Å². The predicted octanol–water partition coefficient (Wildman–Crippen LogP) is 4.60. The van der Waals surface area contributed by atoms with Gasteiger partial charge in [0.05, 0.1) is 11.8 Å². The highest BCUT2D eigenvalue weighted by molar-refractivity contribution is 5.71. The molecule has 2 unspecified atom stereocenters. The lowest BCUT2D eigenvalue weighted by atomic mass is 9.94. The van der Waals surface area contributed by atoms with E-state index in [4.69, 9.17) is 0 Å². The minimum Gasteiger partial charge on any atom is -0.481 e. The van der Waals surface area contributed by atoms with Crippen molar-refractivity contribution in [1.29, 1.82) is 0 Å². The maximum Gasteiger partial charge on any atom is 0.306 e. The van der Waals surface area contributed by atoms with Gasteiger partial charge < -0.3 is 25.3 Å². The number of nitrogens with one attached hydrogen (secondary N) is 1. The van der Waals surface area contributed by atoms with Gasteiger partial charge in [-0.05, 0) is 115 Å². The molecule has 3 N–H and O–H groups in total. The molecule has 0 aliphatic rings. The van der Waals surface area contributed by atoms with Gasteiger partial charge in [-0.2, -0.15) is 0 Å². The Morgan fingerprint density at radius 2 is 1.14 bits per heavy atom. The molecule has 0 heterocycles. The summed E-state index contributed by atoms with van der Waals surface area (Å²) in [5, 5.41) is 22.7. The third-order valence-electron chi connectivity index (χ3n) is 6.12. The van der Waals surface area contributed by atoms with E-state index in [-0.39, 0.29) is 0 Å². The van der Waals surface area contributed by atoms with Crippen molar-refractivity contribution in [2.45, 2.75) is 38.5 Å². The highest BCUT2D eigenvalue weighted by Gasteiger charge is 2.19. The minimum absolute atomic E-state index is 0.408. The molecule has 35 heavy (non-hydrogen) atoms. The molecule has 2 atom stereocenters. The quantitative estimate of drug-likeness (QED) is 0.321. The van der Waals surface area contributed by atoms with Crippen molar-refractivity contribution in [1.82, 2.24) is 9.80 Å². The second kappa shape index (κ2) is 14.5. The fourth-order valence-corrected chi connectivity index (χ4v) is 4.22. The number of hydrogen-bond donors (Lipinski definition) is 3. The summed E-state index contributed by atoms with van der Waals surface area (Å²) in [6.07, 6.45) is 3.97. The van der Waals surface area contributed by atoms with Crippen molar-refractivity contribution in [2.75, 3.05) is 46.6 Å². The number of nitrogens with zero attached hydrogens (tertiary/aromatic N) is 2. The number of carboxylic acids is 2. The minimum atomic E-state index is -0.756. The van der Waals surface area contributed by atoms with Gasteiger partial charge in [0.15, 0.2) is 0 Å². The lowest BCUT2D eigenvalue weighted by Crippen LogP contribution is -2.20. The molecule has 0 aliphatic carbocycles. The number of carboxylic acid groups (broad SMARTS) is 2. The largest absolute Gasteiger partial charge is 0.481 e. The molecule has 7 heteroatoms. The fourth-order valence-electron chi connectivity index (χ4n) is 4.22. The van der Waals surface area contributed by atoms with Gasteiger partial charge in [0, 0.05) is 11.4 Å². The number of aliphatic carboxylic acids is 2. The summed E-state index contributed by atoms with van der Waals surface area (Å²) in [7, 11) is 7.97. The summed E-state index contributed by atoms with van der Waals surface area (Å²) in [4.78, 5) is 27.6. The summed E-state index contributed by atoms with van der Waals surface area (Å²) >= 11 is 0. The van der Waals surface area contributed by atoms with Crippen LogP contribution in [0, 0.1) is 11.8 Å². The maximum atomic E-state index is 11.8. The smallest absolute Gasteiger partial charge is 0.306 e. The van der Waals surface area contributed by atoms with E-state index in [0.29, 0.717) is 25.7 Å². The van der Waals surface area contributed by atoms with Crippen LogP contribution in [0.4, 0.5) is 11.4 Å². The summed E-state index contributed by atoms with van der Waals surface area (Å²) in [5.41, 5.74) is 3.74. The second-order valence-electron chi connectivity index (χ2n) is 9.90. The van der Waals surface area contributed by atoms with Crippen molar-refractivity contribution >= 4 is 23.3 Å². The Labute approximate surface area is 209 Å². The topological polar surface area (TPSA) is 93.1 Å². The van der Waals surface area contributed by atoms with Crippen LogP contribution in [0.15, 0.2) is 48.5 Å². The molecule has 7 nitrogen and oxygen atoms in total. The Kier molecular flexibility index (Phi) is 11.7. The Morgan fingerprint density at radius 3 is 1.49 bits per heavy atom. The van der Waals surface area contributed by atoms with Gasteiger partial charge in [-0.3, -0.25) is 9.59 Å². The highest BCUT2D eigenvalue weighted by atomic mass is 16.4.